The van der Waals surface area contributed by atoms with Crippen LogP contribution >= 0.6 is 0 Å². The number of anilines is 2. The number of nitriles is 1. The Morgan fingerprint density at radius 1 is 1.09 bits per heavy atom. The molecule has 2 aromatic heterocycles. The Labute approximate surface area is 197 Å². The van der Waals surface area contributed by atoms with E-state index < -0.39 is 0 Å². The first-order valence-electron chi connectivity index (χ1n) is 11.2. The first-order chi connectivity index (χ1) is 16.6. The molecule has 0 aliphatic carbocycles. The topological polar surface area (TPSA) is 91.1 Å². The highest BCUT2D eigenvalue weighted by molar-refractivity contribution is 6.10. The number of benzene rings is 2. The molecule has 0 unspecified atom stereocenters. The Hall–Kier alpha value is -4.44. The minimum atomic E-state index is -0.201. The molecule has 1 amide bonds. The van der Waals surface area contributed by atoms with Crippen LogP contribution in [-0.2, 0) is 0 Å². The number of nitrogens with one attached hydrogen (secondary N) is 1. The predicted octanol–water partition coefficient (Wildman–Crippen LogP) is 5.45. The molecule has 1 saturated heterocycles. The third-order valence-corrected chi connectivity index (χ3v) is 5.91. The molecule has 3 heterocycles. The number of aromatic nitrogens is 2. The summed E-state index contributed by atoms with van der Waals surface area (Å²) in [6.07, 6.45) is 3.77. The number of fused-ring (bicyclic) bond motifs is 1. The third kappa shape index (κ3) is 4.26. The summed E-state index contributed by atoms with van der Waals surface area (Å²) in [6, 6.07) is 20.5. The molecular weight excluding hydrogens is 426 g/mol. The lowest BCUT2D eigenvalue weighted by Crippen LogP contribution is -2.24. The van der Waals surface area contributed by atoms with Gasteiger partial charge in [0, 0.05) is 30.4 Å². The minimum absolute atomic E-state index is 0.201. The molecule has 0 saturated carbocycles. The van der Waals surface area contributed by atoms with E-state index in [2.05, 4.69) is 21.3 Å². The van der Waals surface area contributed by atoms with E-state index >= 15 is 0 Å². The maximum absolute atomic E-state index is 13.4. The van der Waals surface area contributed by atoms with E-state index in [0.29, 0.717) is 22.6 Å². The number of carbonyl (C=O) groups is 1. The van der Waals surface area contributed by atoms with Crippen LogP contribution in [0, 0.1) is 18.3 Å². The van der Waals surface area contributed by atoms with Crippen molar-refractivity contribution in [2.75, 3.05) is 23.3 Å². The molecule has 1 aliphatic heterocycles. The zero-order valence-corrected chi connectivity index (χ0v) is 18.8. The number of para-hydroxylation sites is 1. The van der Waals surface area contributed by atoms with Gasteiger partial charge in [-0.3, -0.25) is 4.79 Å². The lowest BCUT2D eigenvalue weighted by atomic mass is 10.1. The lowest BCUT2D eigenvalue weighted by Gasteiger charge is -2.21. The van der Waals surface area contributed by atoms with E-state index in [1.165, 1.54) is 0 Å². The molecule has 0 spiro atoms. The van der Waals surface area contributed by atoms with Gasteiger partial charge in [-0.15, -0.1) is 0 Å². The number of rotatable bonds is 5. The van der Waals surface area contributed by atoms with E-state index in [1.807, 2.05) is 43.3 Å². The summed E-state index contributed by atoms with van der Waals surface area (Å²) in [7, 11) is 0. The molecule has 0 bridgehead atoms. The molecule has 5 rings (SSSR count). The standard InChI is InChI=1S/C27H23N5O2/c1-18-15-21(34-27-20(17-28)8-6-12-29-27)10-11-23(18)31-26(33)22-16-19-7-2-3-9-24(19)30-25(22)32-13-4-5-14-32/h2-3,6-12,15-16H,4-5,13-14H2,1H3,(H,31,33). The Kier molecular flexibility index (Phi) is 5.79. The summed E-state index contributed by atoms with van der Waals surface area (Å²) in [6.45, 7) is 3.69. The van der Waals surface area contributed by atoms with Crippen molar-refractivity contribution in [1.82, 2.24) is 9.97 Å². The lowest BCUT2D eigenvalue weighted by molar-refractivity contribution is 0.102. The number of amides is 1. The van der Waals surface area contributed by atoms with Gasteiger partial charge in [0.25, 0.3) is 5.91 Å². The fourth-order valence-electron chi connectivity index (χ4n) is 4.14. The Morgan fingerprint density at radius 2 is 1.91 bits per heavy atom. The van der Waals surface area contributed by atoms with E-state index in [9.17, 15) is 10.1 Å². The van der Waals surface area contributed by atoms with Gasteiger partial charge < -0.3 is 15.0 Å². The number of aryl methyl sites for hydroxylation is 1. The molecule has 2 aromatic carbocycles. The average Bonchev–Trinajstić information content (AvgIpc) is 3.40. The molecule has 7 nitrogen and oxygen atoms in total. The summed E-state index contributed by atoms with van der Waals surface area (Å²) < 4.78 is 5.80. The molecule has 4 aromatic rings. The molecule has 0 atom stereocenters. The van der Waals surface area contributed by atoms with Gasteiger partial charge in [0.1, 0.15) is 23.2 Å². The van der Waals surface area contributed by atoms with Gasteiger partial charge in [-0.2, -0.15) is 5.26 Å². The van der Waals surface area contributed by atoms with Gasteiger partial charge in [0.2, 0.25) is 5.88 Å². The summed E-state index contributed by atoms with van der Waals surface area (Å²) in [5.74, 6) is 1.31. The fraction of sp³-hybridized carbons (Fsp3) is 0.185. The predicted molar refractivity (Wildman–Crippen MR) is 131 cm³/mol. The molecule has 1 aliphatic rings. The largest absolute Gasteiger partial charge is 0.438 e. The van der Waals surface area contributed by atoms with Crippen LogP contribution in [0.1, 0.15) is 34.3 Å². The highest BCUT2D eigenvalue weighted by atomic mass is 16.5. The van der Waals surface area contributed by atoms with Crippen molar-refractivity contribution in [2.45, 2.75) is 19.8 Å². The maximum atomic E-state index is 13.4. The molecule has 1 fully saturated rings. The fourth-order valence-corrected chi connectivity index (χ4v) is 4.14. The van der Waals surface area contributed by atoms with Gasteiger partial charge in [-0.05, 0) is 67.8 Å². The number of nitrogens with zero attached hydrogens (tertiary/aromatic N) is 4. The van der Waals surface area contributed by atoms with E-state index in [-0.39, 0.29) is 11.8 Å². The quantitative estimate of drug-likeness (QED) is 0.435. The molecule has 34 heavy (non-hydrogen) atoms. The molecule has 168 valence electrons. The zero-order valence-electron chi connectivity index (χ0n) is 18.8. The number of hydrogen-bond acceptors (Lipinski definition) is 6. The molecule has 0 radical (unpaired) electrons. The van der Waals surface area contributed by atoms with Crippen molar-refractivity contribution in [3.63, 3.8) is 0 Å². The van der Waals surface area contributed by atoms with Gasteiger partial charge in [-0.1, -0.05) is 18.2 Å². The maximum Gasteiger partial charge on any atom is 0.259 e. The van der Waals surface area contributed by atoms with Crippen LogP contribution in [0.3, 0.4) is 0 Å². The van der Waals surface area contributed by atoms with Crippen LogP contribution in [0.25, 0.3) is 10.9 Å². The van der Waals surface area contributed by atoms with E-state index in [1.54, 1.807) is 30.5 Å². The SMILES string of the molecule is Cc1cc(Oc2ncccc2C#N)ccc1NC(=O)c1cc2ccccc2nc1N1CCCC1. The van der Waals surface area contributed by atoms with Gasteiger partial charge in [0.15, 0.2) is 0 Å². The highest BCUT2D eigenvalue weighted by Crippen LogP contribution is 2.30. The smallest absolute Gasteiger partial charge is 0.259 e. The highest BCUT2D eigenvalue weighted by Gasteiger charge is 2.22. The number of carbonyl (C=O) groups excluding carboxylic acids is 1. The monoisotopic (exact) mass is 449 g/mol. The average molecular weight is 450 g/mol. The van der Waals surface area contributed by atoms with Crippen LogP contribution < -0.4 is 15.0 Å². The summed E-state index contributed by atoms with van der Waals surface area (Å²) >= 11 is 0. The van der Waals surface area contributed by atoms with E-state index in [0.717, 1.165) is 48.2 Å². The van der Waals surface area contributed by atoms with Crippen molar-refractivity contribution in [1.29, 1.82) is 5.26 Å². The first-order valence-corrected chi connectivity index (χ1v) is 11.2. The van der Waals surface area contributed by atoms with Crippen LogP contribution in [0.5, 0.6) is 11.6 Å². The Morgan fingerprint density at radius 3 is 2.71 bits per heavy atom. The van der Waals surface area contributed by atoms with Crippen LogP contribution in [0.15, 0.2) is 66.9 Å². The zero-order chi connectivity index (χ0) is 23.5. The van der Waals surface area contributed by atoms with Crippen LogP contribution in [0.2, 0.25) is 0 Å². The van der Waals surface area contributed by atoms with Crippen molar-refractivity contribution in [3.05, 3.63) is 83.6 Å². The first kappa shape index (κ1) is 21.4. The van der Waals surface area contributed by atoms with Gasteiger partial charge in [-0.25, -0.2) is 9.97 Å². The second-order valence-electron chi connectivity index (χ2n) is 8.25. The van der Waals surface area contributed by atoms with Crippen molar-refractivity contribution < 1.29 is 9.53 Å². The van der Waals surface area contributed by atoms with Crippen molar-refractivity contribution in [2.24, 2.45) is 0 Å². The number of pyridine rings is 2. The normalized spacial score (nSPS) is 13.0. The second-order valence-corrected chi connectivity index (χ2v) is 8.25. The number of ether oxygens (including phenoxy) is 1. The molecule has 7 heteroatoms. The summed E-state index contributed by atoms with van der Waals surface area (Å²) in [4.78, 5) is 24.5. The van der Waals surface area contributed by atoms with Gasteiger partial charge in [0.05, 0.1) is 11.1 Å². The van der Waals surface area contributed by atoms with Crippen molar-refractivity contribution >= 4 is 28.3 Å². The van der Waals surface area contributed by atoms with Crippen molar-refractivity contribution in [3.8, 4) is 17.7 Å². The summed E-state index contributed by atoms with van der Waals surface area (Å²) in [5, 5.41) is 13.2. The second kappa shape index (κ2) is 9.20. The van der Waals surface area contributed by atoms with Crippen LogP contribution in [-0.4, -0.2) is 29.0 Å². The molecular formula is C27H23N5O2. The van der Waals surface area contributed by atoms with Crippen LogP contribution in [0.4, 0.5) is 11.5 Å². The molecule has 1 N–H and O–H groups in total. The van der Waals surface area contributed by atoms with Gasteiger partial charge >= 0.3 is 0 Å². The third-order valence-electron chi connectivity index (χ3n) is 5.91. The Bertz CT molecular complexity index is 1420. The minimum Gasteiger partial charge on any atom is -0.438 e. The Balaban J connectivity index is 1.42. The summed E-state index contributed by atoms with van der Waals surface area (Å²) in [5.41, 5.74) is 3.31. The number of hydrogen-bond donors (Lipinski definition) is 1. The van der Waals surface area contributed by atoms with E-state index in [4.69, 9.17) is 9.72 Å².